The SMILES string of the molecule is O=C(c1ccnnc1)N1CCN(Cc2c(-c3ccc(Cl)cc3Cl)nc3cnc(C4CC4)cn23)CC1. The molecular weight excluding hydrogens is 485 g/mol. The normalized spacial score (nSPS) is 16.7. The number of imidazole rings is 1. The molecule has 0 spiro atoms. The molecule has 0 N–H and O–H groups in total. The van der Waals surface area contributed by atoms with E-state index in [1.807, 2.05) is 23.2 Å². The van der Waals surface area contributed by atoms with E-state index in [9.17, 15) is 4.79 Å². The predicted octanol–water partition coefficient (Wildman–Crippen LogP) is 4.33. The van der Waals surface area contributed by atoms with Crippen LogP contribution in [0.2, 0.25) is 10.0 Å². The number of aromatic nitrogens is 5. The summed E-state index contributed by atoms with van der Waals surface area (Å²) in [5.41, 5.74) is 5.21. The van der Waals surface area contributed by atoms with Crippen molar-refractivity contribution in [1.29, 1.82) is 0 Å². The number of halogens is 2. The van der Waals surface area contributed by atoms with Crippen molar-refractivity contribution in [2.45, 2.75) is 25.3 Å². The molecule has 2 aliphatic rings. The van der Waals surface area contributed by atoms with Crippen molar-refractivity contribution in [1.82, 2.24) is 34.4 Å². The summed E-state index contributed by atoms with van der Waals surface area (Å²) in [6.45, 7) is 3.48. The van der Waals surface area contributed by atoms with Crippen LogP contribution in [-0.4, -0.2) is 66.5 Å². The van der Waals surface area contributed by atoms with Crippen LogP contribution >= 0.6 is 23.2 Å². The van der Waals surface area contributed by atoms with Gasteiger partial charge in [-0.1, -0.05) is 23.2 Å². The van der Waals surface area contributed by atoms with Crippen LogP contribution in [-0.2, 0) is 6.54 Å². The molecule has 35 heavy (non-hydrogen) atoms. The number of hydrogen-bond donors (Lipinski definition) is 0. The molecular formula is C25H23Cl2N7O. The summed E-state index contributed by atoms with van der Waals surface area (Å²) < 4.78 is 2.15. The molecule has 4 aromatic rings. The maximum absolute atomic E-state index is 12.8. The third kappa shape index (κ3) is 4.49. The van der Waals surface area contributed by atoms with Gasteiger partial charge in [-0.25, -0.2) is 4.98 Å². The van der Waals surface area contributed by atoms with Crippen molar-refractivity contribution in [3.8, 4) is 11.3 Å². The Morgan fingerprint density at radius 1 is 1.03 bits per heavy atom. The highest BCUT2D eigenvalue weighted by Crippen LogP contribution is 2.39. The lowest BCUT2D eigenvalue weighted by Gasteiger charge is -2.34. The number of hydrogen-bond acceptors (Lipinski definition) is 6. The Balaban J connectivity index is 1.29. The Morgan fingerprint density at radius 2 is 1.86 bits per heavy atom. The van der Waals surface area contributed by atoms with Gasteiger partial charge < -0.3 is 4.90 Å². The Morgan fingerprint density at radius 3 is 2.57 bits per heavy atom. The zero-order valence-electron chi connectivity index (χ0n) is 18.9. The zero-order chi connectivity index (χ0) is 23.9. The molecule has 10 heteroatoms. The Bertz CT molecular complexity index is 1400. The molecule has 1 aliphatic heterocycles. The van der Waals surface area contributed by atoms with Gasteiger partial charge in [0, 0.05) is 55.4 Å². The van der Waals surface area contributed by atoms with Crippen LogP contribution in [0.5, 0.6) is 0 Å². The van der Waals surface area contributed by atoms with Crippen LogP contribution in [0, 0.1) is 0 Å². The van der Waals surface area contributed by atoms with Gasteiger partial charge in [0.25, 0.3) is 5.91 Å². The van der Waals surface area contributed by atoms with Crippen LogP contribution in [0.4, 0.5) is 0 Å². The van der Waals surface area contributed by atoms with Gasteiger partial charge in [-0.05, 0) is 37.1 Å². The summed E-state index contributed by atoms with van der Waals surface area (Å²) in [6.07, 6.45) is 9.40. The lowest BCUT2D eigenvalue weighted by Crippen LogP contribution is -2.48. The van der Waals surface area contributed by atoms with E-state index in [2.05, 4.69) is 30.7 Å². The van der Waals surface area contributed by atoms with Crippen LogP contribution in [0.3, 0.4) is 0 Å². The van der Waals surface area contributed by atoms with Crippen LogP contribution in [0.1, 0.15) is 40.5 Å². The first-order chi connectivity index (χ1) is 17.1. The van der Waals surface area contributed by atoms with E-state index in [0.29, 0.717) is 41.2 Å². The molecule has 4 heterocycles. The van der Waals surface area contributed by atoms with Crippen LogP contribution in [0.15, 0.2) is 49.1 Å². The smallest absolute Gasteiger partial charge is 0.255 e. The molecule has 1 saturated carbocycles. The first-order valence-electron chi connectivity index (χ1n) is 11.7. The van der Waals surface area contributed by atoms with Gasteiger partial charge in [0.2, 0.25) is 0 Å². The number of carbonyl (C=O) groups is 1. The largest absolute Gasteiger partial charge is 0.336 e. The Hall–Kier alpha value is -3.07. The van der Waals surface area contributed by atoms with Crippen molar-refractivity contribution in [3.63, 3.8) is 0 Å². The van der Waals surface area contributed by atoms with E-state index in [1.165, 1.54) is 19.0 Å². The number of carbonyl (C=O) groups excluding carboxylic acids is 1. The highest BCUT2D eigenvalue weighted by atomic mass is 35.5. The monoisotopic (exact) mass is 507 g/mol. The minimum absolute atomic E-state index is 0.0110. The van der Waals surface area contributed by atoms with Crippen molar-refractivity contribution in [2.24, 2.45) is 0 Å². The molecule has 1 aliphatic carbocycles. The summed E-state index contributed by atoms with van der Waals surface area (Å²) >= 11 is 12.8. The van der Waals surface area contributed by atoms with E-state index in [0.717, 1.165) is 41.4 Å². The highest BCUT2D eigenvalue weighted by Gasteiger charge is 2.28. The average Bonchev–Trinajstić information content (AvgIpc) is 3.67. The molecule has 1 saturated heterocycles. The van der Waals surface area contributed by atoms with E-state index in [1.54, 1.807) is 18.3 Å². The average molecular weight is 508 g/mol. The van der Waals surface area contributed by atoms with Crippen LogP contribution in [0.25, 0.3) is 16.9 Å². The van der Waals surface area contributed by atoms with E-state index in [4.69, 9.17) is 28.2 Å². The maximum Gasteiger partial charge on any atom is 0.255 e. The van der Waals surface area contributed by atoms with Gasteiger partial charge in [0.1, 0.15) is 0 Å². The minimum Gasteiger partial charge on any atom is -0.336 e. The second kappa shape index (κ2) is 9.18. The number of amides is 1. The molecule has 1 aromatic carbocycles. The number of fused-ring (bicyclic) bond motifs is 1. The molecule has 0 bridgehead atoms. The van der Waals surface area contributed by atoms with E-state index in [-0.39, 0.29) is 5.91 Å². The van der Waals surface area contributed by atoms with Gasteiger partial charge in [-0.2, -0.15) is 10.2 Å². The summed E-state index contributed by atoms with van der Waals surface area (Å²) in [6, 6.07) is 7.21. The summed E-state index contributed by atoms with van der Waals surface area (Å²) in [5.74, 6) is 0.526. The van der Waals surface area contributed by atoms with Crippen molar-refractivity contribution < 1.29 is 4.79 Å². The first kappa shape index (κ1) is 22.4. The fourth-order valence-corrected chi connectivity index (χ4v) is 5.08. The quantitative estimate of drug-likeness (QED) is 0.400. The first-order valence-corrected chi connectivity index (χ1v) is 12.4. The standard InChI is InChI=1S/C25H23Cl2N7O/c26-18-3-4-19(20(27)11-18)24-22(34-14-21(16-1-2-16)28-13-23(34)31-24)15-32-7-9-33(10-8-32)25(35)17-5-6-29-30-12-17/h3-6,11-14,16H,1-2,7-10,15H2. The van der Waals surface area contributed by atoms with Gasteiger partial charge in [-0.15, -0.1) is 0 Å². The fourth-order valence-electron chi connectivity index (χ4n) is 4.58. The highest BCUT2D eigenvalue weighted by molar-refractivity contribution is 6.36. The second-order valence-electron chi connectivity index (χ2n) is 9.05. The van der Waals surface area contributed by atoms with Gasteiger partial charge >= 0.3 is 0 Å². The third-order valence-corrected chi connectivity index (χ3v) is 7.22. The van der Waals surface area contributed by atoms with E-state index >= 15 is 0 Å². The fraction of sp³-hybridized carbons (Fsp3) is 0.320. The number of piperazine rings is 1. The summed E-state index contributed by atoms with van der Waals surface area (Å²) in [7, 11) is 0. The van der Waals surface area contributed by atoms with Crippen LogP contribution < -0.4 is 0 Å². The van der Waals surface area contributed by atoms with E-state index < -0.39 is 0 Å². The molecule has 3 aromatic heterocycles. The zero-order valence-corrected chi connectivity index (χ0v) is 20.5. The molecule has 0 radical (unpaired) electrons. The lowest BCUT2D eigenvalue weighted by molar-refractivity contribution is 0.0626. The molecule has 0 unspecified atom stereocenters. The molecule has 178 valence electrons. The predicted molar refractivity (Wildman–Crippen MR) is 134 cm³/mol. The lowest BCUT2D eigenvalue weighted by atomic mass is 10.1. The maximum atomic E-state index is 12.8. The topological polar surface area (TPSA) is 79.5 Å². The number of rotatable bonds is 5. The van der Waals surface area contributed by atoms with Crippen molar-refractivity contribution >= 4 is 34.8 Å². The van der Waals surface area contributed by atoms with Gasteiger partial charge in [0.05, 0.1) is 46.3 Å². The van der Waals surface area contributed by atoms with Crippen molar-refractivity contribution in [3.05, 3.63) is 76.0 Å². The molecule has 6 rings (SSSR count). The molecule has 8 nitrogen and oxygen atoms in total. The third-order valence-electron chi connectivity index (χ3n) is 6.67. The molecule has 1 amide bonds. The summed E-state index contributed by atoms with van der Waals surface area (Å²) in [4.78, 5) is 26.6. The van der Waals surface area contributed by atoms with Gasteiger partial charge in [0.15, 0.2) is 5.65 Å². The van der Waals surface area contributed by atoms with Gasteiger partial charge in [-0.3, -0.25) is 19.1 Å². The molecule has 2 fully saturated rings. The summed E-state index contributed by atoms with van der Waals surface area (Å²) in [5, 5.41) is 8.74. The minimum atomic E-state index is -0.0110. The Kier molecular flexibility index (Phi) is 5.88. The van der Waals surface area contributed by atoms with Crippen molar-refractivity contribution in [2.75, 3.05) is 26.2 Å². The second-order valence-corrected chi connectivity index (χ2v) is 9.89. The molecule has 0 atom stereocenters. The number of nitrogens with zero attached hydrogens (tertiary/aromatic N) is 7. The Labute approximate surface area is 212 Å². The number of benzene rings is 1.